The zero-order valence-corrected chi connectivity index (χ0v) is 16.6. The van der Waals surface area contributed by atoms with E-state index in [2.05, 4.69) is 19.1 Å². The van der Waals surface area contributed by atoms with Gasteiger partial charge in [-0.2, -0.15) is 0 Å². The minimum Gasteiger partial charge on any atom is -0.330 e. The van der Waals surface area contributed by atoms with Crippen molar-refractivity contribution in [3.05, 3.63) is 76.3 Å². The summed E-state index contributed by atoms with van der Waals surface area (Å²) in [5, 5.41) is 0.706. The summed E-state index contributed by atoms with van der Waals surface area (Å²) in [6, 6.07) is 18.0. The SMILES string of the molecule is CC(c1ccccc1)c1nc2ccccc2c(=O)n1CC1CCCC(CN)C1. The molecule has 1 aromatic heterocycles. The Morgan fingerprint density at radius 1 is 1.07 bits per heavy atom. The van der Waals surface area contributed by atoms with Crippen molar-refractivity contribution in [2.24, 2.45) is 17.6 Å². The number of hydrogen-bond donors (Lipinski definition) is 1. The fourth-order valence-electron chi connectivity index (χ4n) is 4.62. The number of aromatic nitrogens is 2. The van der Waals surface area contributed by atoms with E-state index in [0.717, 1.165) is 37.3 Å². The minimum atomic E-state index is 0.0624. The fourth-order valence-corrected chi connectivity index (χ4v) is 4.62. The molecule has 2 aromatic carbocycles. The smallest absolute Gasteiger partial charge is 0.261 e. The summed E-state index contributed by atoms with van der Waals surface area (Å²) >= 11 is 0. The molecule has 3 atom stereocenters. The van der Waals surface area contributed by atoms with E-state index in [1.54, 1.807) is 0 Å². The molecule has 0 radical (unpaired) electrons. The van der Waals surface area contributed by atoms with Crippen molar-refractivity contribution >= 4 is 10.9 Å². The average molecular weight is 376 g/mol. The van der Waals surface area contributed by atoms with Gasteiger partial charge in [-0.15, -0.1) is 0 Å². The highest BCUT2D eigenvalue weighted by atomic mass is 16.1. The molecule has 3 aromatic rings. The highest BCUT2D eigenvalue weighted by Gasteiger charge is 2.25. The molecule has 1 heterocycles. The summed E-state index contributed by atoms with van der Waals surface area (Å²) < 4.78 is 1.95. The molecule has 0 aliphatic heterocycles. The lowest BCUT2D eigenvalue weighted by Crippen LogP contribution is -2.32. The van der Waals surface area contributed by atoms with E-state index in [1.165, 1.54) is 18.4 Å². The van der Waals surface area contributed by atoms with Crippen LogP contribution in [0.25, 0.3) is 10.9 Å². The number of nitrogens with two attached hydrogens (primary N) is 1. The average Bonchev–Trinajstić information content (AvgIpc) is 2.76. The highest BCUT2D eigenvalue weighted by Crippen LogP contribution is 2.31. The second-order valence-corrected chi connectivity index (χ2v) is 8.17. The zero-order chi connectivity index (χ0) is 19.5. The van der Waals surface area contributed by atoms with Crippen LogP contribution in [0.4, 0.5) is 0 Å². The first-order valence-electron chi connectivity index (χ1n) is 10.4. The summed E-state index contributed by atoms with van der Waals surface area (Å²) in [4.78, 5) is 18.4. The third kappa shape index (κ3) is 3.74. The van der Waals surface area contributed by atoms with Crippen molar-refractivity contribution in [1.82, 2.24) is 9.55 Å². The van der Waals surface area contributed by atoms with Gasteiger partial charge in [0.1, 0.15) is 5.82 Å². The van der Waals surface area contributed by atoms with E-state index in [9.17, 15) is 4.79 Å². The molecule has 28 heavy (non-hydrogen) atoms. The molecule has 1 saturated carbocycles. The molecule has 4 heteroatoms. The Morgan fingerprint density at radius 3 is 2.57 bits per heavy atom. The number of fused-ring (bicyclic) bond motifs is 1. The van der Waals surface area contributed by atoms with Crippen LogP contribution in [0, 0.1) is 11.8 Å². The van der Waals surface area contributed by atoms with Crippen LogP contribution in [-0.2, 0) is 6.54 Å². The largest absolute Gasteiger partial charge is 0.330 e. The highest BCUT2D eigenvalue weighted by molar-refractivity contribution is 5.77. The standard InChI is InChI=1S/C24H29N3O/c1-17(20-10-3-2-4-11-20)23-26-22-13-6-5-12-21(22)24(28)27(23)16-19-9-7-8-18(14-19)15-25/h2-6,10-13,17-19H,7-9,14-16,25H2,1H3. The molecular formula is C24H29N3O. The maximum absolute atomic E-state index is 13.4. The van der Waals surface area contributed by atoms with Crippen LogP contribution < -0.4 is 11.3 Å². The quantitative estimate of drug-likeness (QED) is 0.723. The van der Waals surface area contributed by atoms with Gasteiger partial charge in [0.15, 0.2) is 0 Å². The second-order valence-electron chi connectivity index (χ2n) is 8.17. The van der Waals surface area contributed by atoms with Crippen molar-refractivity contribution in [1.29, 1.82) is 0 Å². The van der Waals surface area contributed by atoms with Crippen LogP contribution in [0.1, 0.15) is 49.9 Å². The lowest BCUT2D eigenvalue weighted by Gasteiger charge is -2.30. The summed E-state index contributed by atoms with van der Waals surface area (Å²) in [5.74, 6) is 2.00. The van der Waals surface area contributed by atoms with Crippen LogP contribution in [0.2, 0.25) is 0 Å². The molecule has 2 N–H and O–H groups in total. The third-order valence-corrected chi connectivity index (χ3v) is 6.24. The molecule has 4 nitrogen and oxygen atoms in total. The van der Waals surface area contributed by atoms with E-state index >= 15 is 0 Å². The number of benzene rings is 2. The van der Waals surface area contributed by atoms with Gasteiger partial charge >= 0.3 is 0 Å². The first-order valence-corrected chi connectivity index (χ1v) is 10.4. The topological polar surface area (TPSA) is 60.9 Å². The van der Waals surface area contributed by atoms with Gasteiger partial charge < -0.3 is 5.73 Å². The number of para-hydroxylation sites is 1. The molecule has 1 aliphatic rings. The van der Waals surface area contributed by atoms with Crippen LogP contribution in [0.3, 0.4) is 0 Å². The Morgan fingerprint density at radius 2 is 1.79 bits per heavy atom. The van der Waals surface area contributed by atoms with Crippen molar-refractivity contribution in [3.63, 3.8) is 0 Å². The molecule has 1 fully saturated rings. The second kappa shape index (κ2) is 8.27. The molecule has 4 rings (SSSR count). The van der Waals surface area contributed by atoms with Gasteiger partial charge in [0, 0.05) is 12.5 Å². The van der Waals surface area contributed by atoms with Crippen molar-refractivity contribution < 1.29 is 0 Å². The van der Waals surface area contributed by atoms with Gasteiger partial charge in [0.05, 0.1) is 10.9 Å². The van der Waals surface area contributed by atoms with Gasteiger partial charge in [-0.25, -0.2) is 4.98 Å². The van der Waals surface area contributed by atoms with E-state index < -0.39 is 0 Å². The first-order chi connectivity index (χ1) is 13.7. The normalized spacial score (nSPS) is 20.9. The Hall–Kier alpha value is -2.46. The Labute approximate surface area is 166 Å². The monoisotopic (exact) mass is 375 g/mol. The van der Waals surface area contributed by atoms with Crippen molar-refractivity contribution in [2.75, 3.05) is 6.54 Å². The van der Waals surface area contributed by atoms with Gasteiger partial charge in [-0.1, -0.05) is 55.8 Å². The van der Waals surface area contributed by atoms with Crippen LogP contribution in [0.15, 0.2) is 59.4 Å². The predicted molar refractivity (Wildman–Crippen MR) is 114 cm³/mol. The van der Waals surface area contributed by atoms with Crippen LogP contribution in [-0.4, -0.2) is 16.1 Å². The Balaban J connectivity index is 1.78. The molecule has 0 bridgehead atoms. The Bertz CT molecular complexity index is 996. The molecule has 0 spiro atoms. The van der Waals surface area contributed by atoms with E-state index in [-0.39, 0.29) is 11.5 Å². The van der Waals surface area contributed by atoms with Crippen molar-refractivity contribution in [2.45, 2.75) is 45.1 Å². The van der Waals surface area contributed by atoms with Gasteiger partial charge in [-0.3, -0.25) is 9.36 Å². The molecule has 0 amide bonds. The summed E-state index contributed by atoms with van der Waals surface area (Å²) in [6.07, 6.45) is 4.68. The summed E-state index contributed by atoms with van der Waals surface area (Å²) in [5.41, 5.74) is 7.98. The number of hydrogen-bond acceptors (Lipinski definition) is 3. The van der Waals surface area contributed by atoms with E-state index in [1.807, 2.05) is 47.0 Å². The minimum absolute atomic E-state index is 0.0624. The molecular weight excluding hydrogens is 346 g/mol. The molecule has 0 saturated heterocycles. The van der Waals surface area contributed by atoms with Gasteiger partial charge in [0.25, 0.3) is 5.56 Å². The lowest BCUT2D eigenvalue weighted by molar-refractivity contribution is 0.243. The third-order valence-electron chi connectivity index (χ3n) is 6.24. The van der Waals surface area contributed by atoms with Crippen LogP contribution in [0.5, 0.6) is 0 Å². The fraction of sp³-hybridized carbons (Fsp3) is 0.417. The summed E-state index contributed by atoms with van der Waals surface area (Å²) in [7, 11) is 0. The van der Waals surface area contributed by atoms with Gasteiger partial charge in [0.2, 0.25) is 0 Å². The van der Waals surface area contributed by atoms with Gasteiger partial charge in [-0.05, 0) is 55.3 Å². The summed E-state index contributed by atoms with van der Waals surface area (Å²) in [6.45, 7) is 3.63. The Kier molecular flexibility index (Phi) is 5.58. The molecule has 1 aliphatic carbocycles. The number of rotatable bonds is 5. The maximum atomic E-state index is 13.4. The van der Waals surface area contributed by atoms with Crippen molar-refractivity contribution in [3.8, 4) is 0 Å². The predicted octanol–water partition coefficient (Wildman–Crippen LogP) is 4.31. The zero-order valence-electron chi connectivity index (χ0n) is 16.6. The lowest BCUT2D eigenvalue weighted by atomic mass is 9.81. The number of nitrogens with zero attached hydrogens (tertiary/aromatic N) is 2. The molecule has 3 unspecified atom stereocenters. The van der Waals surface area contributed by atoms with E-state index in [4.69, 9.17) is 10.7 Å². The van der Waals surface area contributed by atoms with E-state index in [0.29, 0.717) is 17.2 Å². The first kappa shape index (κ1) is 18.9. The van der Waals surface area contributed by atoms with Crippen LogP contribution >= 0.6 is 0 Å². The maximum Gasteiger partial charge on any atom is 0.261 e. The molecule has 146 valence electrons.